The van der Waals surface area contributed by atoms with Crippen molar-refractivity contribution in [3.63, 3.8) is 0 Å². The molecule has 0 unspecified atom stereocenters. The summed E-state index contributed by atoms with van der Waals surface area (Å²) in [5, 5.41) is 15.2. The summed E-state index contributed by atoms with van der Waals surface area (Å²) in [5.41, 5.74) is 5.49. The van der Waals surface area contributed by atoms with Crippen molar-refractivity contribution in [1.82, 2.24) is 9.55 Å². The molecule has 0 spiro atoms. The molecule has 1 aromatic carbocycles. The van der Waals surface area contributed by atoms with E-state index in [9.17, 15) is 10.1 Å². The second-order valence-corrected chi connectivity index (χ2v) is 8.21. The van der Waals surface area contributed by atoms with Crippen molar-refractivity contribution in [3.8, 4) is 6.07 Å². The highest BCUT2D eigenvalue weighted by Gasteiger charge is 2.15. The van der Waals surface area contributed by atoms with Gasteiger partial charge < -0.3 is 19.4 Å². The predicted octanol–water partition coefficient (Wildman–Crippen LogP) is 4.91. The van der Waals surface area contributed by atoms with Crippen LogP contribution in [0.2, 0.25) is 0 Å². The number of esters is 1. The molecule has 1 N–H and O–H groups in total. The number of methoxy groups -OCH3 is 1. The van der Waals surface area contributed by atoms with Gasteiger partial charge in [-0.1, -0.05) is 17.7 Å². The van der Waals surface area contributed by atoms with Gasteiger partial charge in [0.2, 0.25) is 0 Å². The van der Waals surface area contributed by atoms with Gasteiger partial charge in [0, 0.05) is 36.1 Å². The monoisotopic (exact) mass is 450 g/mol. The molecular weight excluding hydrogens is 424 g/mol. The Balaban J connectivity index is 1.63. The molecule has 0 aliphatic heterocycles. The largest absolute Gasteiger partial charge is 0.455 e. The number of thiazole rings is 1. The number of aromatic nitrogens is 2. The lowest BCUT2D eigenvalue weighted by Gasteiger charge is -2.08. The summed E-state index contributed by atoms with van der Waals surface area (Å²) in [5.74, 6) is -0.671. The van der Waals surface area contributed by atoms with Crippen LogP contribution in [0.1, 0.15) is 28.2 Å². The first kappa shape index (κ1) is 23.3. The molecule has 0 aliphatic rings. The van der Waals surface area contributed by atoms with Crippen molar-refractivity contribution in [2.45, 2.75) is 33.9 Å². The Morgan fingerprint density at radius 3 is 2.72 bits per heavy atom. The van der Waals surface area contributed by atoms with Crippen LogP contribution in [-0.4, -0.2) is 29.2 Å². The van der Waals surface area contributed by atoms with E-state index in [1.165, 1.54) is 16.9 Å². The number of rotatable bonds is 9. The van der Waals surface area contributed by atoms with Crippen molar-refractivity contribution in [2.75, 3.05) is 19.0 Å². The minimum atomic E-state index is -0.671. The molecule has 166 valence electrons. The standard InChI is InChI=1S/C24H26N4O3S/c1-16-5-7-21(8-6-16)26-24-27-22(15-32-24)14-31-23(29)20(13-25)12-19-11-17(2)28(18(19)3)9-10-30-4/h5-8,11-12,15H,9-10,14H2,1-4H3,(H,26,27). The van der Waals surface area contributed by atoms with Gasteiger partial charge in [-0.25, -0.2) is 9.78 Å². The third-order valence-electron chi connectivity index (χ3n) is 4.98. The zero-order valence-electron chi connectivity index (χ0n) is 18.6. The SMILES string of the molecule is COCCn1c(C)cc(C=C(C#N)C(=O)OCc2csc(Nc3ccc(C)cc3)n2)c1C. The van der Waals surface area contributed by atoms with Gasteiger partial charge in [0.15, 0.2) is 5.13 Å². The number of nitrogens with one attached hydrogen (secondary N) is 1. The molecule has 8 heteroatoms. The van der Waals surface area contributed by atoms with Crippen LogP contribution < -0.4 is 5.32 Å². The molecule has 7 nitrogen and oxygen atoms in total. The quantitative estimate of drug-likeness (QED) is 0.283. The molecule has 0 amide bonds. The number of hydrogen-bond acceptors (Lipinski definition) is 7. The molecule has 0 aliphatic carbocycles. The van der Waals surface area contributed by atoms with E-state index in [0.717, 1.165) is 22.6 Å². The number of aryl methyl sites for hydroxylation is 2. The van der Waals surface area contributed by atoms with Gasteiger partial charge in [0.05, 0.1) is 12.3 Å². The van der Waals surface area contributed by atoms with Gasteiger partial charge in [-0.05, 0) is 50.6 Å². The first-order valence-electron chi connectivity index (χ1n) is 10.1. The summed E-state index contributed by atoms with van der Waals surface area (Å²) < 4.78 is 12.6. The smallest absolute Gasteiger partial charge is 0.349 e. The fourth-order valence-corrected chi connectivity index (χ4v) is 3.92. The summed E-state index contributed by atoms with van der Waals surface area (Å²) in [6.07, 6.45) is 1.57. The maximum Gasteiger partial charge on any atom is 0.349 e. The molecule has 0 saturated heterocycles. The Hall–Kier alpha value is -3.41. The molecule has 3 aromatic rings. The van der Waals surface area contributed by atoms with Crippen LogP contribution in [0.5, 0.6) is 0 Å². The molecule has 0 bridgehead atoms. The second-order valence-electron chi connectivity index (χ2n) is 7.35. The fourth-order valence-electron chi connectivity index (χ4n) is 3.20. The van der Waals surface area contributed by atoms with E-state index in [0.29, 0.717) is 24.0 Å². The van der Waals surface area contributed by atoms with Crippen LogP contribution in [0, 0.1) is 32.1 Å². The number of carbonyl (C=O) groups is 1. The minimum absolute atomic E-state index is 0.00318. The third-order valence-corrected chi connectivity index (χ3v) is 5.78. The Morgan fingerprint density at radius 2 is 2.03 bits per heavy atom. The summed E-state index contributed by atoms with van der Waals surface area (Å²) in [6, 6.07) is 11.9. The van der Waals surface area contributed by atoms with Crippen LogP contribution >= 0.6 is 11.3 Å². The molecule has 32 heavy (non-hydrogen) atoms. The average molecular weight is 451 g/mol. The van der Waals surface area contributed by atoms with Gasteiger partial charge >= 0.3 is 5.97 Å². The summed E-state index contributed by atoms with van der Waals surface area (Å²) in [6.45, 7) is 7.25. The van der Waals surface area contributed by atoms with Gasteiger partial charge in [-0.3, -0.25) is 0 Å². The maximum atomic E-state index is 12.5. The zero-order chi connectivity index (χ0) is 23.1. The van der Waals surface area contributed by atoms with Crippen LogP contribution in [0.3, 0.4) is 0 Å². The number of anilines is 2. The average Bonchev–Trinajstić information content (AvgIpc) is 3.34. The fraction of sp³-hybridized carbons (Fsp3) is 0.292. The third kappa shape index (κ3) is 5.84. The van der Waals surface area contributed by atoms with E-state index >= 15 is 0 Å². The Bertz CT molecular complexity index is 1150. The van der Waals surface area contributed by atoms with E-state index < -0.39 is 5.97 Å². The van der Waals surface area contributed by atoms with Crippen molar-refractivity contribution in [1.29, 1.82) is 5.26 Å². The van der Waals surface area contributed by atoms with E-state index in [-0.39, 0.29) is 12.2 Å². The lowest BCUT2D eigenvalue weighted by molar-refractivity contribution is -0.139. The van der Waals surface area contributed by atoms with Crippen LogP contribution in [-0.2, 0) is 27.4 Å². The second kappa shape index (κ2) is 10.8. The molecule has 0 radical (unpaired) electrons. The van der Waals surface area contributed by atoms with Gasteiger partial charge in [0.1, 0.15) is 18.2 Å². The summed E-state index contributed by atoms with van der Waals surface area (Å²) >= 11 is 1.42. The minimum Gasteiger partial charge on any atom is -0.455 e. The Morgan fingerprint density at radius 1 is 1.28 bits per heavy atom. The van der Waals surface area contributed by atoms with Crippen LogP contribution in [0.15, 0.2) is 41.3 Å². The predicted molar refractivity (Wildman–Crippen MR) is 126 cm³/mol. The summed E-state index contributed by atoms with van der Waals surface area (Å²) in [7, 11) is 1.66. The van der Waals surface area contributed by atoms with Crippen molar-refractivity contribution in [3.05, 3.63) is 69.5 Å². The molecule has 2 heterocycles. The number of nitriles is 1. The lowest BCUT2D eigenvalue weighted by Crippen LogP contribution is -2.08. The van der Waals surface area contributed by atoms with E-state index in [2.05, 4.69) is 14.9 Å². The van der Waals surface area contributed by atoms with Crippen LogP contribution in [0.4, 0.5) is 10.8 Å². The van der Waals surface area contributed by atoms with Crippen LogP contribution in [0.25, 0.3) is 6.08 Å². The topological polar surface area (TPSA) is 89.2 Å². The highest BCUT2D eigenvalue weighted by Crippen LogP contribution is 2.22. The Labute approximate surface area is 191 Å². The van der Waals surface area contributed by atoms with E-state index in [4.69, 9.17) is 9.47 Å². The van der Waals surface area contributed by atoms with E-state index in [1.807, 2.05) is 62.6 Å². The van der Waals surface area contributed by atoms with Crippen molar-refractivity contribution < 1.29 is 14.3 Å². The number of hydrogen-bond donors (Lipinski definition) is 1. The van der Waals surface area contributed by atoms with Gasteiger partial charge in [0.25, 0.3) is 0 Å². The molecule has 0 atom stereocenters. The van der Waals surface area contributed by atoms with E-state index in [1.54, 1.807) is 13.2 Å². The number of carbonyl (C=O) groups excluding carboxylic acids is 1. The highest BCUT2D eigenvalue weighted by molar-refractivity contribution is 7.13. The maximum absolute atomic E-state index is 12.5. The first-order valence-corrected chi connectivity index (χ1v) is 11.0. The highest BCUT2D eigenvalue weighted by atomic mass is 32.1. The van der Waals surface area contributed by atoms with Gasteiger partial charge in [-0.2, -0.15) is 5.26 Å². The lowest BCUT2D eigenvalue weighted by atomic mass is 10.1. The Kier molecular flexibility index (Phi) is 7.82. The number of nitrogens with zero attached hydrogens (tertiary/aromatic N) is 3. The molecule has 2 aromatic heterocycles. The number of benzene rings is 1. The number of ether oxygens (including phenoxy) is 2. The van der Waals surface area contributed by atoms with Crippen molar-refractivity contribution >= 4 is 34.2 Å². The summed E-state index contributed by atoms with van der Waals surface area (Å²) in [4.78, 5) is 16.9. The normalized spacial score (nSPS) is 11.3. The molecule has 3 rings (SSSR count). The molecule has 0 saturated carbocycles. The first-order chi connectivity index (χ1) is 15.4. The molecular formula is C24H26N4O3S. The van der Waals surface area contributed by atoms with Crippen molar-refractivity contribution in [2.24, 2.45) is 0 Å². The zero-order valence-corrected chi connectivity index (χ0v) is 19.5. The molecule has 0 fully saturated rings. The van der Waals surface area contributed by atoms with Gasteiger partial charge in [-0.15, -0.1) is 11.3 Å².